The molecule has 0 aliphatic carbocycles. The van der Waals surface area contributed by atoms with E-state index in [2.05, 4.69) is 20.3 Å². The van der Waals surface area contributed by atoms with Gasteiger partial charge in [-0.25, -0.2) is 13.4 Å². The Labute approximate surface area is 194 Å². The highest BCUT2D eigenvalue weighted by Gasteiger charge is 2.22. The van der Waals surface area contributed by atoms with Crippen LogP contribution in [-0.4, -0.2) is 37.3 Å². The van der Waals surface area contributed by atoms with Crippen LogP contribution >= 0.6 is 23.7 Å². The average molecular weight is 498 g/mol. The van der Waals surface area contributed by atoms with Crippen molar-refractivity contribution in [2.24, 2.45) is 5.92 Å². The number of nitro benzene ring substituents is 1. The zero-order chi connectivity index (χ0) is 22.0. The first-order valence-corrected chi connectivity index (χ1v) is 11.8. The van der Waals surface area contributed by atoms with E-state index in [-0.39, 0.29) is 34.8 Å². The number of hydrogen-bond donors (Lipinski definition) is 3. The molecule has 2 heterocycles. The van der Waals surface area contributed by atoms with Gasteiger partial charge in [-0.1, -0.05) is 11.3 Å². The number of benzene rings is 2. The number of sulfonamides is 1. The third kappa shape index (κ3) is 5.33. The summed E-state index contributed by atoms with van der Waals surface area (Å²) in [4.78, 5) is 26.9. The van der Waals surface area contributed by atoms with Crippen molar-refractivity contribution in [3.63, 3.8) is 0 Å². The third-order valence-corrected chi connectivity index (χ3v) is 7.27. The summed E-state index contributed by atoms with van der Waals surface area (Å²) in [7, 11) is -3.92. The molecule has 3 N–H and O–H groups in total. The van der Waals surface area contributed by atoms with E-state index in [4.69, 9.17) is 0 Å². The Morgan fingerprint density at radius 3 is 2.50 bits per heavy atom. The van der Waals surface area contributed by atoms with E-state index in [1.807, 2.05) is 0 Å². The second-order valence-electron chi connectivity index (χ2n) is 7.07. The summed E-state index contributed by atoms with van der Waals surface area (Å²) in [5.74, 6) is -0.100. The fourth-order valence-corrected chi connectivity index (χ4v) is 5.25. The molecule has 1 aliphatic rings. The van der Waals surface area contributed by atoms with Crippen molar-refractivity contribution in [1.29, 1.82) is 0 Å². The zero-order valence-corrected chi connectivity index (χ0v) is 19.1. The number of halogens is 1. The molecule has 13 heteroatoms. The fourth-order valence-electron chi connectivity index (χ4n) is 3.29. The Balaban J connectivity index is 0.00000289. The molecule has 1 amide bonds. The number of nitro groups is 1. The van der Waals surface area contributed by atoms with Gasteiger partial charge < -0.3 is 10.6 Å². The number of carbonyl (C=O) groups excluding carboxylic acids is 1. The van der Waals surface area contributed by atoms with Gasteiger partial charge >= 0.3 is 0 Å². The molecule has 1 aliphatic heterocycles. The quantitative estimate of drug-likeness (QED) is 0.350. The van der Waals surface area contributed by atoms with E-state index in [9.17, 15) is 23.3 Å². The fraction of sp³-hybridized carbons (Fsp3) is 0.263. The molecule has 0 spiro atoms. The molecule has 0 radical (unpaired) electrons. The van der Waals surface area contributed by atoms with Crippen molar-refractivity contribution >= 4 is 66.4 Å². The van der Waals surface area contributed by atoms with Gasteiger partial charge in [-0.3, -0.25) is 19.6 Å². The molecule has 1 fully saturated rings. The number of non-ortho nitro benzene ring substituents is 1. The van der Waals surface area contributed by atoms with Crippen LogP contribution in [0.25, 0.3) is 10.2 Å². The highest BCUT2D eigenvalue weighted by molar-refractivity contribution is 7.92. The van der Waals surface area contributed by atoms with Crippen LogP contribution in [-0.2, 0) is 14.8 Å². The van der Waals surface area contributed by atoms with E-state index in [0.717, 1.165) is 38.1 Å². The van der Waals surface area contributed by atoms with Crippen LogP contribution in [0.4, 0.5) is 16.5 Å². The van der Waals surface area contributed by atoms with Gasteiger partial charge in [0.25, 0.3) is 15.7 Å². The number of nitrogens with zero attached hydrogens (tertiary/aromatic N) is 2. The Bertz CT molecular complexity index is 1240. The number of fused-ring (bicyclic) bond motifs is 1. The van der Waals surface area contributed by atoms with Crippen molar-refractivity contribution in [2.75, 3.05) is 23.1 Å². The molecule has 3 aromatic rings. The van der Waals surface area contributed by atoms with Gasteiger partial charge in [-0.2, -0.15) is 0 Å². The summed E-state index contributed by atoms with van der Waals surface area (Å²) < 4.78 is 28.4. The highest BCUT2D eigenvalue weighted by Crippen LogP contribution is 2.30. The van der Waals surface area contributed by atoms with Gasteiger partial charge in [-0.15, -0.1) is 12.4 Å². The van der Waals surface area contributed by atoms with Gasteiger partial charge in [0, 0.05) is 18.1 Å². The minimum absolute atomic E-state index is 0. The molecule has 32 heavy (non-hydrogen) atoms. The van der Waals surface area contributed by atoms with E-state index in [0.29, 0.717) is 21.0 Å². The van der Waals surface area contributed by atoms with Crippen molar-refractivity contribution in [1.82, 2.24) is 10.3 Å². The van der Waals surface area contributed by atoms with Crippen LogP contribution in [0.5, 0.6) is 0 Å². The molecule has 1 aromatic heterocycles. The van der Waals surface area contributed by atoms with E-state index >= 15 is 0 Å². The number of nitrogens with one attached hydrogen (secondary N) is 3. The van der Waals surface area contributed by atoms with Crippen molar-refractivity contribution in [3.05, 3.63) is 52.6 Å². The lowest BCUT2D eigenvalue weighted by molar-refractivity contribution is -0.384. The Kier molecular flexibility index (Phi) is 7.29. The van der Waals surface area contributed by atoms with Gasteiger partial charge in [0.1, 0.15) is 0 Å². The molecule has 0 bridgehead atoms. The number of carbonyl (C=O) groups is 1. The third-order valence-electron chi connectivity index (χ3n) is 4.94. The molecular formula is C19H20ClN5O5S2. The number of hydrogen-bond acceptors (Lipinski definition) is 8. The van der Waals surface area contributed by atoms with Crippen LogP contribution in [0.3, 0.4) is 0 Å². The number of thiazole rings is 1. The summed E-state index contributed by atoms with van der Waals surface area (Å²) in [6.07, 6.45) is 1.57. The maximum atomic E-state index is 12.6. The topological polar surface area (TPSA) is 143 Å². The maximum Gasteiger partial charge on any atom is 0.269 e. The van der Waals surface area contributed by atoms with Gasteiger partial charge in [0.2, 0.25) is 5.91 Å². The first-order chi connectivity index (χ1) is 14.8. The zero-order valence-electron chi connectivity index (χ0n) is 16.6. The van der Waals surface area contributed by atoms with Crippen LogP contribution in [0.1, 0.15) is 12.8 Å². The number of aromatic nitrogens is 1. The van der Waals surface area contributed by atoms with Gasteiger partial charge in [-0.05, 0) is 56.3 Å². The minimum atomic E-state index is -3.92. The number of amides is 1. The second-order valence-corrected chi connectivity index (χ2v) is 9.78. The van der Waals surface area contributed by atoms with Crippen LogP contribution < -0.4 is 15.4 Å². The van der Waals surface area contributed by atoms with E-state index in [1.54, 1.807) is 18.2 Å². The molecule has 170 valence electrons. The van der Waals surface area contributed by atoms with Crippen molar-refractivity contribution in [3.8, 4) is 0 Å². The summed E-state index contributed by atoms with van der Waals surface area (Å²) in [6.45, 7) is 1.63. The number of anilines is 2. The van der Waals surface area contributed by atoms with Crippen LogP contribution in [0, 0.1) is 16.0 Å². The predicted octanol–water partition coefficient (Wildman–Crippen LogP) is 3.37. The number of piperidine rings is 1. The summed E-state index contributed by atoms with van der Waals surface area (Å²) in [5.41, 5.74) is 0.777. The lowest BCUT2D eigenvalue weighted by Gasteiger charge is -2.20. The van der Waals surface area contributed by atoms with Gasteiger partial charge in [0.15, 0.2) is 5.13 Å². The van der Waals surface area contributed by atoms with Crippen LogP contribution in [0.2, 0.25) is 0 Å². The predicted molar refractivity (Wildman–Crippen MR) is 125 cm³/mol. The summed E-state index contributed by atoms with van der Waals surface area (Å²) in [5, 5.41) is 17.3. The molecule has 2 aromatic carbocycles. The van der Waals surface area contributed by atoms with Gasteiger partial charge in [0.05, 0.1) is 25.7 Å². The standard InChI is InChI=1S/C19H19N5O5S2.ClH/c25-18(12-7-9-20-10-8-12)22-19-21-16-6-1-13(11-17(16)30-19)23-31(28,29)15-4-2-14(3-5-15)24(26)27;/h1-6,11-12,20,23H,7-10H2,(H,21,22,25);1H. The molecule has 0 unspecified atom stereocenters. The lowest BCUT2D eigenvalue weighted by Crippen LogP contribution is -2.34. The monoisotopic (exact) mass is 497 g/mol. The molecule has 10 nitrogen and oxygen atoms in total. The van der Waals surface area contributed by atoms with E-state index in [1.165, 1.54) is 23.5 Å². The summed E-state index contributed by atoms with van der Waals surface area (Å²) in [6, 6.07) is 9.51. The smallest absolute Gasteiger partial charge is 0.269 e. The highest BCUT2D eigenvalue weighted by atomic mass is 35.5. The molecule has 0 atom stereocenters. The molecule has 0 saturated carbocycles. The maximum absolute atomic E-state index is 12.6. The first-order valence-electron chi connectivity index (χ1n) is 9.51. The molecular weight excluding hydrogens is 478 g/mol. The molecule has 1 saturated heterocycles. The van der Waals surface area contributed by atoms with Crippen LogP contribution in [0.15, 0.2) is 47.4 Å². The Morgan fingerprint density at radius 2 is 1.84 bits per heavy atom. The van der Waals surface area contributed by atoms with Crippen molar-refractivity contribution < 1.29 is 18.1 Å². The number of rotatable bonds is 6. The summed E-state index contributed by atoms with van der Waals surface area (Å²) >= 11 is 1.26. The first kappa shape index (κ1) is 23.9. The molecule has 4 rings (SSSR count). The normalized spacial score (nSPS) is 14.5. The SMILES string of the molecule is Cl.O=C(Nc1nc2ccc(NS(=O)(=O)c3ccc([N+](=O)[O-])cc3)cc2s1)C1CCNCC1. The minimum Gasteiger partial charge on any atom is -0.317 e. The average Bonchev–Trinajstić information content (AvgIpc) is 3.15. The van der Waals surface area contributed by atoms with E-state index < -0.39 is 14.9 Å². The largest absolute Gasteiger partial charge is 0.317 e. The Hall–Kier alpha value is -2.80. The lowest BCUT2D eigenvalue weighted by atomic mass is 9.97. The second kappa shape index (κ2) is 9.77. The van der Waals surface area contributed by atoms with Crippen molar-refractivity contribution in [2.45, 2.75) is 17.7 Å². The Morgan fingerprint density at radius 1 is 1.16 bits per heavy atom.